The summed E-state index contributed by atoms with van der Waals surface area (Å²) in [5, 5.41) is -0.621. The summed E-state index contributed by atoms with van der Waals surface area (Å²) in [6.45, 7) is 2.16. The van der Waals surface area contributed by atoms with Crippen molar-refractivity contribution in [3.63, 3.8) is 0 Å². The Morgan fingerprint density at radius 2 is 1.97 bits per heavy atom. The molecular formula is C21H27N5O4S. The zero-order valence-corrected chi connectivity index (χ0v) is 18.5. The summed E-state index contributed by atoms with van der Waals surface area (Å²) in [6, 6.07) is 6.95. The standard InChI is InChI=1S/C21H27N5O4S/c1-21(9-10-21)24-31(29,30)13-7-8-17-14(11-13)19(27)25(2)20(28)26(17)12-18-22-15-5-3-4-6-16(15)23-18/h3-6,13-14,17,24H,7-12H2,1-2H3,(H,22,23). The molecule has 3 amide bonds. The number of carbonyl (C=O) groups is 2. The van der Waals surface area contributed by atoms with Crippen molar-refractivity contribution in [2.45, 2.75) is 62.4 Å². The molecule has 0 spiro atoms. The number of hydrogen-bond donors (Lipinski definition) is 2. The zero-order valence-electron chi connectivity index (χ0n) is 17.7. The van der Waals surface area contributed by atoms with E-state index in [0.29, 0.717) is 18.7 Å². The topological polar surface area (TPSA) is 115 Å². The molecule has 2 aliphatic carbocycles. The number of carbonyl (C=O) groups excluding carboxylic acids is 2. The molecule has 3 aliphatic rings. The van der Waals surface area contributed by atoms with E-state index < -0.39 is 21.2 Å². The van der Waals surface area contributed by atoms with Crippen LogP contribution in [-0.4, -0.2) is 64.0 Å². The molecule has 3 atom stereocenters. The van der Waals surface area contributed by atoms with Crippen LogP contribution in [0.5, 0.6) is 0 Å². The van der Waals surface area contributed by atoms with Crippen molar-refractivity contribution in [2.24, 2.45) is 5.92 Å². The van der Waals surface area contributed by atoms with Crippen LogP contribution in [0.4, 0.5) is 4.79 Å². The predicted molar refractivity (Wildman–Crippen MR) is 114 cm³/mol. The Hall–Kier alpha value is -2.46. The van der Waals surface area contributed by atoms with Crippen LogP contribution < -0.4 is 4.72 Å². The van der Waals surface area contributed by atoms with E-state index in [1.807, 2.05) is 31.2 Å². The second-order valence-corrected chi connectivity index (χ2v) is 11.3. The maximum Gasteiger partial charge on any atom is 0.327 e. The number of para-hydroxylation sites is 2. The van der Waals surface area contributed by atoms with E-state index >= 15 is 0 Å². The molecule has 1 aromatic carbocycles. The number of imidazole rings is 1. The van der Waals surface area contributed by atoms with Crippen molar-refractivity contribution in [1.82, 2.24) is 24.5 Å². The molecule has 2 heterocycles. The Kier molecular flexibility index (Phi) is 4.63. The SMILES string of the molecule is CN1C(=O)C2CC(S(=O)(=O)NC3(C)CC3)CCC2N(Cc2nc3ccccc3[nH]2)C1=O. The third kappa shape index (κ3) is 3.61. The summed E-state index contributed by atoms with van der Waals surface area (Å²) >= 11 is 0. The third-order valence-corrected chi connectivity index (χ3v) is 9.02. The lowest BCUT2D eigenvalue weighted by Crippen LogP contribution is -2.62. The number of sulfonamides is 1. The fraction of sp³-hybridized carbons (Fsp3) is 0.571. The van der Waals surface area contributed by atoms with Crippen LogP contribution in [0.15, 0.2) is 24.3 Å². The van der Waals surface area contributed by atoms with Gasteiger partial charge in [-0.05, 0) is 51.2 Å². The third-order valence-electron chi connectivity index (χ3n) is 6.93. The first-order valence-corrected chi connectivity index (χ1v) is 12.3. The molecule has 5 rings (SSSR count). The smallest absolute Gasteiger partial charge is 0.327 e. The highest BCUT2D eigenvalue weighted by Gasteiger charge is 2.51. The van der Waals surface area contributed by atoms with Crippen molar-refractivity contribution in [3.05, 3.63) is 30.1 Å². The highest BCUT2D eigenvalue weighted by Crippen LogP contribution is 2.40. The van der Waals surface area contributed by atoms with E-state index in [9.17, 15) is 18.0 Å². The van der Waals surface area contributed by atoms with Gasteiger partial charge in [0, 0.05) is 18.6 Å². The molecule has 10 heteroatoms. The van der Waals surface area contributed by atoms with Gasteiger partial charge in [0.2, 0.25) is 15.9 Å². The van der Waals surface area contributed by atoms with Crippen molar-refractivity contribution in [3.8, 4) is 0 Å². The van der Waals surface area contributed by atoms with Gasteiger partial charge >= 0.3 is 6.03 Å². The molecule has 0 radical (unpaired) electrons. The van der Waals surface area contributed by atoms with E-state index in [2.05, 4.69) is 14.7 Å². The minimum atomic E-state index is -3.52. The second-order valence-electron chi connectivity index (χ2n) is 9.33. The monoisotopic (exact) mass is 445 g/mol. The predicted octanol–water partition coefficient (Wildman–Crippen LogP) is 1.97. The first-order valence-electron chi connectivity index (χ1n) is 10.7. The van der Waals surface area contributed by atoms with Crippen LogP contribution in [0.3, 0.4) is 0 Å². The number of rotatable bonds is 5. The number of benzene rings is 1. The average Bonchev–Trinajstić information content (AvgIpc) is 3.30. The summed E-state index contributed by atoms with van der Waals surface area (Å²) in [4.78, 5) is 36.5. The van der Waals surface area contributed by atoms with Crippen LogP contribution >= 0.6 is 0 Å². The Morgan fingerprint density at radius 3 is 2.68 bits per heavy atom. The van der Waals surface area contributed by atoms with Gasteiger partial charge in [0.15, 0.2) is 0 Å². The quantitative estimate of drug-likeness (QED) is 0.730. The molecule has 2 saturated carbocycles. The number of fused-ring (bicyclic) bond motifs is 2. The van der Waals surface area contributed by atoms with E-state index in [-0.39, 0.29) is 36.5 Å². The first-order chi connectivity index (χ1) is 14.7. The number of amides is 3. The van der Waals surface area contributed by atoms with Gasteiger partial charge in [0.1, 0.15) is 5.82 Å². The van der Waals surface area contributed by atoms with Gasteiger partial charge in [0.05, 0.1) is 28.7 Å². The van der Waals surface area contributed by atoms with Crippen LogP contribution in [0.1, 0.15) is 44.9 Å². The van der Waals surface area contributed by atoms with Crippen LogP contribution in [0.25, 0.3) is 11.0 Å². The average molecular weight is 446 g/mol. The Balaban J connectivity index is 1.38. The lowest BCUT2D eigenvalue weighted by atomic mass is 9.81. The molecule has 31 heavy (non-hydrogen) atoms. The Bertz CT molecular complexity index is 1120. The molecule has 3 fully saturated rings. The summed E-state index contributed by atoms with van der Waals surface area (Å²) in [6.07, 6.45) is 2.80. The van der Waals surface area contributed by atoms with Gasteiger partial charge in [-0.25, -0.2) is 22.9 Å². The van der Waals surface area contributed by atoms with E-state index in [1.54, 1.807) is 4.90 Å². The number of hydrogen-bond acceptors (Lipinski definition) is 5. The number of aromatic nitrogens is 2. The number of H-pyrrole nitrogens is 1. The van der Waals surface area contributed by atoms with Crippen LogP contribution in [-0.2, 0) is 21.4 Å². The Morgan fingerprint density at radius 1 is 1.23 bits per heavy atom. The molecule has 0 bridgehead atoms. The molecule has 1 aliphatic heterocycles. The lowest BCUT2D eigenvalue weighted by molar-refractivity contribution is -0.139. The zero-order chi connectivity index (χ0) is 22.0. The molecule has 2 N–H and O–H groups in total. The molecule has 1 aromatic heterocycles. The molecule has 9 nitrogen and oxygen atoms in total. The van der Waals surface area contributed by atoms with Crippen molar-refractivity contribution in [2.75, 3.05) is 7.05 Å². The molecule has 1 saturated heterocycles. The summed E-state index contributed by atoms with van der Waals surface area (Å²) in [7, 11) is -2.05. The largest absolute Gasteiger partial charge is 0.340 e. The molecule has 2 aromatic rings. The van der Waals surface area contributed by atoms with Crippen LogP contribution in [0.2, 0.25) is 0 Å². The van der Waals surface area contributed by atoms with Crippen molar-refractivity contribution in [1.29, 1.82) is 0 Å². The number of nitrogens with one attached hydrogen (secondary N) is 2. The van der Waals surface area contributed by atoms with Gasteiger partial charge in [-0.3, -0.25) is 9.69 Å². The van der Waals surface area contributed by atoms with Gasteiger partial charge in [-0.2, -0.15) is 0 Å². The number of aromatic amines is 1. The maximum atomic E-state index is 12.9. The highest BCUT2D eigenvalue weighted by molar-refractivity contribution is 7.90. The highest BCUT2D eigenvalue weighted by atomic mass is 32.2. The summed E-state index contributed by atoms with van der Waals surface area (Å²) in [5.41, 5.74) is 1.36. The molecule has 3 unspecified atom stereocenters. The minimum Gasteiger partial charge on any atom is -0.340 e. The first kappa shape index (κ1) is 20.4. The summed E-state index contributed by atoms with van der Waals surface area (Å²) < 4.78 is 28.6. The number of nitrogens with zero attached hydrogens (tertiary/aromatic N) is 3. The minimum absolute atomic E-state index is 0.225. The Labute approximate surface area is 181 Å². The van der Waals surface area contributed by atoms with Crippen molar-refractivity contribution < 1.29 is 18.0 Å². The fourth-order valence-electron chi connectivity index (χ4n) is 4.86. The number of imide groups is 1. The maximum absolute atomic E-state index is 12.9. The van der Waals surface area contributed by atoms with Crippen molar-refractivity contribution >= 4 is 33.0 Å². The van der Waals surface area contributed by atoms with Gasteiger partial charge in [0.25, 0.3) is 0 Å². The van der Waals surface area contributed by atoms with Gasteiger partial charge in [-0.1, -0.05) is 12.1 Å². The van der Waals surface area contributed by atoms with E-state index in [4.69, 9.17) is 0 Å². The second kappa shape index (κ2) is 7.03. The van der Waals surface area contributed by atoms with E-state index in [1.165, 1.54) is 7.05 Å². The van der Waals surface area contributed by atoms with Gasteiger partial charge < -0.3 is 9.88 Å². The summed E-state index contributed by atoms with van der Waals surface area (Å²) in [5.74, 6) is -0.183. The molecule has 166 valence electrons. The number of urea groups is 1. The molecular weight excluding hydrogens is 418 g/mol. The van der Waals surface area contributed by atoms with Gasteiger partial charge in [-0.15, -0.1) is 0 Å². The van der Waals surface area contributed by atoms with E-state index in [0.717, 1.165) is 28.8 Å². The van der Waals surface area contributed by atoms with Crippen LogP contribution in [0, 0.1) is 5.92 Å². The fourth-order valence-corrected chi connectivity index (χ4v) is 6.82. The lowest BCUT2D eigenvalue weighted by Gasteiger charge is -2.47. The normalized spacial score (nSPS) is 28.1.